The van der Waals surface area contributed by atoms with Crippen LogP contribution in [0.15, 0.2) is 30.3 Å². The van der Waals surface area contributed by atoms with Crippen LogP contribution in [-0.2, 0) is 9.53 Å². The molecule has 0 saturated carbocycles. The predicted molar refractivity (Wildman–Crippen MR) is 79.5 cm³/mol. The van der Waals surface area contributed by atoms with Gasteiger partial charge in [0.05, 0.1) is 7.11 Å². The second kappa shape index (κ2) is 7.41. The molecule has 1 aliphatic rings. The van der Waals surface area contributed by atoms with Gasteiger partial charge in [0.15, 0.2) is 0 Å². The van der Waals surface area contributed by atoms with E-state index in [2.05, 4.69) is 29.2 Å². The van der Waals surface area contributed by atoms with Gasteiger partial charge in [-0.15, -0.1) is 0 Å². The zero-order valence-corrected chi connectivity index (χ0v) is 12.1. The average molecular weight is 276 g/mol. The molecule has 2 N–H and O–H groups in total. The molecule has 1 aromatic carbocycles. The minimum atomic E-state index is -0.134. The molecular formula is C16H24N2O2. The van der Waals surface area contributed by atoms with Crippen LogP contribution in [0.1, 0.15) is 30.7 Å². The van der Waals surface area contributed by atoms with Crippen molar-refractivity contribution in [2.75, 3.05) is 26.7 Å². The van der Waals surface area contributed by atoms with Gasteiger partial charge in [0.25, 0.3) is 0 Å². The van der Waals surface area contributed by atoms with Crippen LogP contribution in [0.2, 0.25) is 0 Å². The Bertz CT molecular complexity index is 422. The van der Waals surface area contributed by atoms with Gasteiger partial charge < -0.3 is 10.5 Å². The fourth-order valence-corrected chi connectivity index (χ4v) is 2.99. The third kappa shape index (κ3) is 3.58. The summed E-state index contributed by atoms with van der Waals surface area (Å²) in [6, 6.07) is 10.3. The summed E-state index contributed by atoms with van der Waals surface area (Å²) in [5.74, 6) is 0.317. The normalized spacial score (nSPS) is 23.5. The van der Waals surface area contributed by atoms with E-state index in [1.165, 1.54) is 12.7 Å². The second-order valence-corrected chi connectivity index (χ2v) is 5.35. The number of nitrogens with two attached hydrogens (primary N) is 1. The molecule has 1 heterocycles. The monoisotopic (exact) mass is 276 g/mol. The van der Waals surface area contributed by atoms with Gasteiger partial charge in [-0.1, -0.05) is 30.3 Å². The molecule has 0 spiro atoms. The molecule has 1 fully saturated rings. The topological polar surface area (TPSA) is 55.6 Å². The first kappa shape index (κ1) is 15.0. The van der Waals surface area contributed by atoms with Crippen molar-refractivity contribution in [1.29, 1.82) is 0 Å². The molecule has 0 bridgehead atoms. The average Bonchev–Trinajstić information content (AvgIpc) is 2.53. The van der Waals surface area contributed by atoms with Crippen molar-refractivity contribution in [1.82, 2.24) is 4.90 Å². The van der Waals surface area contributed by atoms with Crippen molar-refractivity contribution in [3.8, 4) is 0 Å². The van der Waals surface area contributed by atoms with E-state index in [1.807, 2.05) is 6.07 Å². The van der Waals surface area contributed by atoms with E-state index in [4.69, 9.17) is 10.5 Å². The van der Waals surface area contributed by atoms with E-state index in [0.717, 1.165) is 32.4 Å². The number of carbonyl (C=O) groups excluding carboxylic acids is 1. The minimum absolute atomic E-state index is 0.123. The number of nitrogens with zero attached hydrogens (tertiary/aromatic N) is 1. The first-order chi connectivity index (χ1) is 9.76. The molecule has 1 saturated heterocycles. The summed E-state index contributed by atoms with van der Waals surface area (Å²) in [7, 11) is 1.47. The van der Waals surface area contributed by atoms with E-state index >= 15 is 0 Å². The molecule has 2 atom stereocenters. The number of carbonyl (C=O) groups is 1. The molecule has 1 aliphatic heterocycles. The van der Waals surface area contributed by atoms with Crippen molar-refractivity contribution < 1.29 is 9.53 Å². The SMILES string of the molecule is COC(=O)C1CC(c2ccccc2)CCN1CCCN. The molecule has 4 heteroatoms. The van der Waals surface area contributed by atoms with Crippen LogP contribution in [0.3, 0.4) is 0 Å². The highest BCUT2D eigenvalue weighted by molar-refractivity contribution is 5.76. The standard InChI is InChI=1S/C16H24N2O2/c1-20-16(19)15-12-14(13-6-3-2-4-7-13)8-11-18(15)10-5-9-17/h2-4,6-7,14-15H,5,8-12,17H2,1H3. The highest BCUT2D eigenvalue weighted by atomic mass is 16.5. The lowest BCUT2D eigenvalue weighted by Crippen LogP contribution is -2.47. The van der Waals surface area contributed by atoms with Crippen LogP contribution >= 0.6 is 0 Å². The van der Waals surface area contributed by atoms with Gasteiger partial charge in [-0.2, -0.15) is 0 Å². The lowest BCUT2D eigenvalue weighted by atomic mass is 9.85. The number of likely N-dealkylation sites (tertiary alicyclic amines) is 1. The smallest absolute Gasteiger partial charge is 0.323 e. The third-order valence-electron chi connectivity index (χ3n) is 4.11. The minimum Gasteiger partial charge on any atom is -0.468 e. The zero-order valence-electron chi connectivity index (χ0n) is 12.1. The van der Waals surface area contributed by atoms with E-state index in [0.29, 0.717) is 12.5 Å². The van der Waals surface area contributed by atoms with E-state index in [-0.39, 0.29) is 12.0 Å². The summed E-state index contributed by atoms with van der Waals surface area (Å²) in [6.45, 7) is 2.46. The van der Waals surface area contributed by atoms with E-state index in [9.17, 15) is 4.79 Å². The summed E-state index contributed by atoms with van der Waals surface area (Å²) in [5, 5.41) is 0. The Morgan fingerprint density at radius 1 is 1.40 bits per heavy atom. The maximum absolute atomic E-state index is 12.0. The summed E-state index contributed by atoms with van der Waals surface area (Å²) >= 11 is 0. The number of benzene rings is 1. The van der Waals surface area contributed by atoms with E-state index < -0.39 is 0 Å². The maximum Gasteiger partial charge on any atom is 0.323 e. The Morgan fingerprint density at radius 3 is 2.80 bits per heavy atom. The van der Waals surface area contributed by atoms with Crippen LogP contribution in [0, 0.1) is 0 Å². The number of piperidine rings is 1. The summed E-state index contributed by atoms with van der Waals surface area (Å²) in [6.07, 6.45) is 2.84. The molecule has 0 aromatic heterocycles. The molecule has 20 heavy (non-hydrogen) atoms. The Balaban J connectivity index is 2.07. The summed E-state index contributed by atoms with van der Waals surface area (Å²) < 4.78 is 4.97. The van der Waals surface area contributed by atoms with Crippen molar-refractivity contribution in [2.24, 2.45) is 5.73 Å². The molecule has 0 radical (unpaired) electrons. The Labute approximate surface area is 120 Å². The lowest BCUT2D eigenvalue weighted by molar-refractivity contribution is -0.148. The Kier molecular flexibility index (Phi) is 5.56. The Morgan fingerprint density at radius 2 is 2.15 bits per heavy atom. The van der Waals surface area contributed by atoms with Gasteiger partial charge >= 0.3 is 5.97 Å². The van der Waals surface area contributed by atoms with Crippen LogP contribution in [0.5, 0.6) is 0 Å². The predicted octanol–water partition coefficient (Wildman–Crippen LogP) is 1.76. The third-order valence-corrected chi connectivity index (χ3v) is 4.11. The molecule has 2 unspecified atom stereocenters. The van der Waals surface area contributed by atoms with Crippen LogP contribution in [0.4, 0.5) is 0 Å². The first-order valence-electron chi connectivity index (χ1n) is 7.33. The van der Waals surface area contributed by atoms with E-state index in [1.54, 1.807) is 0 Å². The number of esters is 1. The van der Waals surface area contributed by atoms with Crippen LogP contribution in [0.25, 0.3) is 0 Å². The number of hydrogen-bond donors (Lipinski definition) is 1. The summed E-state index contributed by atoms with van der Waals surface area (Å²) in [5.41, 5.74) is 6.89. The lowest BCUT2D eigenvalue weighted by Gasteiger charge is -2.38. The van der Waals surface area contributed by atoms with Gasteiger partial charge in [0.1, 0.15) is 6.04 Å². The number of ether oxygens (including phenoxy) is 1. The number of hydrogen-bond acceptors (Lipinski definition) is 4. The molecule has 110 valence electrons. The molecule has 4 nitrogen and oxygen atoms in total. The van der Waals surface area contributed by atoms with Crippen molar-refractivity contribution in [3.05, 3.63) is 35.9 Å². The maximum atomic E-state index is 12.0. The highest BCUT2D eigenvalue weighted by Gasteiger charge is 2.34. The number of rotatable bonds is 5. The van der Waals surface area contributed by atoms with Gasteiger partial charge in [-0.3, -0.25) is 9.69 Å². The second-order valence-electron chi connectivity index (χ2n) is 5.35. The van der Waals surface area contributed by atoms with Crippen molar-refractivity contribution in [3.63, 3.8) is 0 Å². The van der Waals surface area contributed by atoms with Gasteiger partial charge in [0.2, 0.25) is 0 Å². The van der Waals surface area contributed by atoms with Crippen LogP contribution < -0.4 is 5.73 Å². The summed E-state index contributed by atoms with van der Waals surface area (Å²) in [4.78, 5) is 14.2. The van der Waals surface area contributed by atoms with Gasteiger partial charge in [0, 0.05) is 6.54 Å². The molecule has 0 amide bonds. The van der Waals surface area contributed by atoms with Gasteiger partial charge in [-0.25, -0.2) is 0 Å². The Hall–Kier alpha value is -1.39. The molecule has 1 aromatic rings. The van der Waals surface area contributed by atoms with Gasteiger partial charge in [-0.05, 0) is 43.8 Å². The quantitative estimate of drug-likeness (QED) is 0.833. The van der Waals surface area contributed by atoms with Crippen molar-refractivity contribution >= 4 is 5.97 Å². The highest BCUT2D eigenvalue weighted by Crippen LogP contribution is 2.32. The zero-order chi connectivity index (χ0) is 14.4. The first-order valence-corrected chi connectivity index (χ1v) is 7.33. The molecule has 2 rings (SSSR count). The largest absolute Gasteiger partial charge is 0.468 e. The number of methoxy groups -OCH3 is 1. The molecular weight excluding hydrogens is 252 g/mol. The molecule has 0 aliphatic carbocycles. The van der Waals surface area contributed by atoms with Crippen molar-refractivity contribution in [2.45, 2.75) is 31.2 Å². The van der Waals surface area contributed by atoms with Crippen LogP contribution in [-0.4, -0.2) is 43.7 Å². The fourth-order valence-electron chi connectivity index (χ4n) is 2.99. The fraction of sp³-hybridized carbons (Fsp3) is 0.562.